The van der Waals surface area contributed by atoms with Crippen LogP contribution in [0.5, 0.6) is 11.5 Å². The van der Waals surface area contributed by atoms with Crippen molar-refractivity contribution < 1.29 is 19.6 Å². The summed E-state index contributed by atoms with van der Waals surface area (Å²) in [5.74, 6) is 1.96. The molecule has 1 aliphatic rings. The maximum absolute atomic E-state index is 12.9. The summed E-state index contributed by atoms with van der Waals surface area (Å²) < 4.78 is 10.5. The van der Waals surface area contributed by atoms with Crippen LogP contribution < -0.4 is 14.8 Å². The summed E-state index contributed by atoms with van der Waals surface area (Å²) in [5, 5.41) is 2.33. The van der Waals surface area contributed by atoms with Gasteiger partial charge in [0.2, 0.25) is 0 Å². The molecule has 0 aromatic heterocycles. The van der Waals surface area contributed by atoms with Gasteiger partial charge in [-0.25, -0.2) is 0 Å². The molecule has 0 amide bonds. The molecule has 132 valence electrons. The molecule has 0 saturated carbocycles. The number of rotatable bonds is 4. The molecule has 1 saturated heterocycles. The van der Waals surface area contributed by atoms with E-state index in [9.17, 15) is 4.79 Å². The molecule has 2 aromatic rings. The second kappa shape index (κ2) is 7.28. The molecule has 3 rings (SSSR count). The van der Waals surface area contributed by atoms with Crippen LogP contribution in [-0.4, -0.2) is 20.0 Å². The van der Waals surface area contributed by atoms with E-state index in [0.717, 1.165) is 22.6 Å². The number of benzene rings is 2. The lowest BCUT2D eigenvalue weighted by Gasteiger charge is -2.36. The van der Waals surface area contributed by atoms with Crippen LogP contribution in [0, 0.1) is 11.8 Å². The number of ketones is 1. The highest BCUT2D eigenvalue weighted by atomic mass is 16.5. The normalized spacial score (nSPS) is 26.3. The Kier molecular flexibility index (Phi) is 5.09. The summed E-state index contributed by atoms with van der Waals surface area (Å²) in [5.41, 5.74) is 2.32. The fraction of sp³-hybridized carbons (Fsp3) is 0.381. The summed E-state index contributed by atoms with van der Waals surface area (Å²) in [6.45, 7) is 4.07. The average Bonchev–Trinajstić information content (AvgIpc) is 2.67. The van der Waals surface area contributed by atoms with Crippen molar-refractivity contribution in [2.24, 2.45) is 11.8 Å². The van der Waals surface area contributed by atoms with Gasteiger partial charge in [-0.2, -0.15) is 0 Å². The van der Waals surface area contributed by atoms with Crippen molar-refractivity contribution in [2.75, 3.05) is 14.2 Å². The third-order valence-corrected chi connectivity index (χ3v) is 5.39. The zero-order valence-electron chi connectivity index (χ0n) is 15.2. The number of quaternary nitrogens is 1. The van der Waals surface area contributed by atoms with E-state index in [0.29, 0.717) is 5.78 Å². The predicted octanol–water partition coefficient (Wildman–Crippen LogP) is 2.90. The van der Waals surface area contributed by atoms with Gasteiger partial charge in [-0.3, -0.25) is 4.79 Å². The fourth-order valence-corrected chi connectivity index (χ4v) is 3.78. The molecule has 1 fully saturated rings. The summed E-state index contributed by atoms with van der Waals surface area (Å²) in [7, 11) is 3.32. The molecule has 2 N–H and O–H groups in total. The van der Waals surface area contributed by atoms with Gasteiger partial charge in [0, 0.05) is 11.1 Å². The van der Waals surface area contributed by atoms with Crippen LogP contribution in [0.2, 0.25) is 0 Å². The smallest absolute Gasteiger partial charge is 0.151 e. The number of carbonyl (C=O) groups is 1. The number of ether oxygens (including phenoxy) is 2. The number of methoxy groups -OCH3 is 2. The zero-order chi connectivity index (χ0) is 18.0. The lowest BCUT2D eigenvalue weighted by molar-refractivity contribution is -0.748. The zero-order valence-corrected chi connectivity index (χ0v) is 15.2. The molecule has 4 nitrogen and oxygen atoms in total. The van der Waals surface area contributed by atoms with E-state index in [1.807, 2.05) is 38.1 Å². The van der Waals surface area contributed by atoms with Crippen molar-refractivity contribution in [1.29, 1.82) is 0 Å². The molecule has 0 bridgehead atoms. The van der Waals surface area contributed by atoms with Gasteiger partial charge >= 0.3 is 0 Å². The molecule has 1 heterocycles. The highest BCUT2D eigenvalue weighted by Gasteiger charge is 2.43. The SMILES string of the molecule is COc1ccc([C@H]2[NH2+][C@@H](c3ccc(OC)cc3)[C@H](C)C(=O)[C@H]2C)cc1. The minimum Gasteiger partial charge on any atom is -0.497 e. The summed E-state index contributed by atoms with van der Waals surface area (Å²) >= 11 is 0. The number of hydrogen-bond donors (Lipinski definition) is 1. The van der Waals surface area contributed by atoms with Gasteiger partial charge in [0.1, 0.15) is 23.6 Å². The largest absolute Gasteiger partial charge is 0.497 e. The molecule has 4 atom stereocenters. The van der Waals surface area contributed by atoms with Crippen molar-refractivity contribution in [3.05, 3.63) is 59.7 Å². The van der Waals surface area contributed by atoms with Gasteiger partial charge in [0.05, 0.1) is 26.1 Å². The molecule has 25 heavy (non-hydrogen) atoms. The minimum atomic E-state index is -0.0158. The monoisotopic (exact) mass is 340 g/mol. The van der Waals surface area contributed by atoms with Crippen LogP contribution >= 0.6 is 0 Å². The molecular formula is C21H26NO3+. The van der Waals surface area contributed by atoms with Gasteiger partial charge in [-0.15, -0.1) is 0 Å². The van der Waals surface area contributed by atoms with E-state index in [1.165, 1.54) is 0 Å². The number of hydrogen-bond acceptors (Lipinski definition) is 3. The van der Waals surface area contributed by atoms with Crippen LogP contribution in [0.1, 0.15) is 37.1 Å². The number of nitrogens with two attached hydrogens (primary N) is 1. The van der Waals surface area contributed by atoms with Crippen molar-refractivity contribution >= 4 is 5.78 Å². The summed E-state index contributed by atoms with van der Waals surface area (Å²) in [6.07, 6.45) is 0. The Hall–Kier alpha value is -2.33. The fourth-order valence-electron chi connectivity index (χ4n) is 3.78. The number of carbonyl (C=O) groups excluding carboxylic acids is 1. The minimum absolute atomic E-state index is 0.0158. The van der Waals surface area contributed by atoms with Crippen LogP contribution in [0.3, 0.4) is 0 Å². The first-order valence-electron chi connectivity index (χ1n) is 8.71. The summed E-state index contributed by atoms with van der Waals surface area (Å²) in [6, 6.07) is 16.3. The predicted molar refractivity (Wildman–Crippen MR) is 96.7 cm³/mol. The standard InChI is InChI=1S/C21H25NO3/c1-13-19(15-5-9-17(24-3)10-6-15)22-20(14(2)21(13)23)16-7-11-18(25-4)12-8-16/h5-14,19-20,22H,1-4H3/p+1/t13-,14-,19-,20+/m0/s1. The van der Waals surface area contributed by atoms with Crippen molar-refractivity contribution in [3.63, 3.8) is 0 Å². The van der Waals surface area contributed by atoms with E-state index in [-0.39, 0.29) is 23.9 Å². The molecule has 2 aromatic carbocycles. The molecule has 4 heteroatoms. The van der Waals surface area contributed by atoms with Crippen LogP contribution in [0.15, 0.2) is 48.5 Å². The van der Waals surface area contributed by atoms with E-state index < -0.39 is 0 Å². The van der Waals surface area contributed by atoms with Crippen LogP contribution in [-0.2, 0) is 4.79 Å². The highest BCUT2D eigenvalue weighted by Crippen LogP contribution is 2.33. The molecule has 0 spiro atoms. The Bertz CT molecular complexity index is 662. The van der Waals surface area contributed by atoms with E-state index in [2.05, 4.69) is 29.6 Å². The Morgan fingerprint density at radius 3 is 1.40 bits per heavy atom. The van der Waals surface area contributed by atoms with Crippen molar-refractivity contribution in [3.8, 4) is 11.5 Å². The van der Waals surface area contributed by atoms with E-state index in [1.54, 1.807) is 14.2 Å². The Balaban J connectivity index is 1.89. The maximum Gasteiger partial charge on any atom is 0.151 e. The van der Waals surface area contributed by atoms with E-state index in [4.69, 9.17) is 9.47 Å². The first-order valence-corrected chi connectivity index (χ1v) is 8.71. The lowest BCUT2D eigenvalue weighted by atomic mass is 9.76. The average molecular weight is 340 g/mol. The van der Waals surface area contributed by atoms with Crippen LogP contribution in [0.25, 0.3) is 0 Å². The Labute approximate surface area is 149 Å². The number of Topliss-reactive ketones (excluding diaryl/α,β-unsaturated/α-hetero) is 1. The third kappa shape index (κ3) is 3.40. The third-order valence-electron chi connectivity index (χ3n) is 5.39. The Morgan fingerprint density at radius 2 is 1.08 bits per heavy atom. The van der Waals surface area contributed by atoms with Crippen LogP contribution in [0.4, 0.5) is 0 Å². The molecular weight excluding hydrogens is 314 g/mol. The van der Waals surface area contributed by atoms with Gasteiger partial charge in [-0.05, 0) is 62.4 Å². The molecule has 0 aliphatic carbocycles. The maximum atomic E-state index is 12.9. The van der Waals surface area contributed by atoms with Crippen molar-refractivity contribution in [1.82, 2.24) is 0 Å². The second-order valence-corrected chi connectivity index (χ2v) is 6.77. The molecule has 0 radical (unpaired) electrons. The quantitative estimate of drug-likeness (QED) is 0.931. The highest BCUT2D eigenvalue weighted by molar-refractivity contribution is 5.84. The van der Waals surface area contributed by atoms with Gasteiger partial charge < -0.3 is 14.8 Å². The molecule has 0 unspecified atom stereocenters. The first-order chi connectivity index (χ1) is 12.0. The first kappa shape index (κ1) is 17.5. The summed E-state index contributed by atoms with van der Waals surface area (Å²) in [4.78, 5) is 12.9. The van der Waals surface area contributed by atoms with Gasteiger partial charge in [-0.1, -0.05) is 0 Å². The topological polar surface area (TPSA) is 52.1 Å². The number of piperidine rings is 1. The van der Waals surface area contributed by atoms with Crippen molar-refractivity contribution in [2.45, 2.75) is 25.9 Å². The lowest BCUT2D eigenvalue weighted by Crippen LogP contribution is -2.91. The van der Waals surface area contributed by atoms with E-state index >= 15 is 0 Å². The second-order valence-electron chi connectivity index (χ2n) is 6.77. The molecule has 1 aliphatic heterocycles. The van der Waals surface area contributed by atoms with Gasteiger partial charge in [0.15, 0.2) is 5.78 Å². The van der Waals surface area contributed by atoms with Gasteiger partial charge in [0.25, 0.3) is 0 Å². The Morgan fingerprint density at radius 1 is 0.720 bits per heavy atom.